The van der Waals surface area contributed by atoms with Gasteiger partial charge in [0.2, 0.25) is 0 Å². The number of carbonyl (C=O) groups is 2. The summed E-state index contributed by atoms with van der Waals surface area (Å²) in [5.74, 6) is -0.923. The van der Waals surface area contributed by atoms with Gasteiger partial charge in [-0.2, -0.15) is 0 Å². The molecule has 158 valence electrons. The van der Waals surface area contributed by atoms with E-state index >= 15 is 0 Å². The first-order valence-corrected chi connectivity index (χ1v) is 9.86. The molecule has 2 N–H and O–H groups in total. The third-order valence-corrected chi connectivity index (χ3v) is 5.14. The molecule has 2 amide bonds. The van der Waals surface area contributed by atoms with E-state index in [0.717, 1.165) is 17.2 Å². The number of nitro groups is 1. The molecule has 0 saturated heterocycles. The summed E-state index contributed by atoms with van der Waals surface area (Å²) in [6.45, 7) is 3.86. The molecule has 0 aliphatic carbocycles. The average molecular weight is 438 g/mol. The zero-order valence-corrected chi connectivity index (χ0v) is 17.6. The Morgan fingerprint density at radius 2 is 1.65 bits per heavy atom. The number of benzene rings is 3. The van der Waals surface area contributed by atoms with Gasteiger partial charge in [-0.05, 0) is 43.2 Å². The van der Waals surface area contributed by atoms with Crippen LogP contribution in [-0.4, -0.2) is 16.7 Å². The molecule has 0 fully saturated rings. The van der Waals surface area contributed by atoms with Gasteiger partial charge in [-0.25, -0.2) is 0 Å². The first-order chi connectivity index (χ1) is 14.8. The van der Waals surface area contributed by atoms with Gasteiger partial charge in [-0.1, -0.05) is 48.0 Å². The lowest BCUT2D eigenvalue weighted by Crippen LogP contribution is -2.28. The van der Waals surface area contributed by atoms with E-state index in [-0.39, 0.29) is 33.8 Å². The molecular weight excluding hydrogens is 418 g/mol. The zero-order valence-electron chi connectivity index (χ0n) is 16.9. The Bertz CT molecular complexity index is 1160. The van der Waals surface area contributed by atoms with Gasteiger partial charge in [0.05, 0.1) is 32.8 Å². The highest BCUT2D eigenvalue weighted by Gasteiger charge is 2.19. The van der Waals surface area contributed by atoms with Crippen molar-refractivity contribution in [3.8, 4) is 0 Å². The summed E-state index contributed by atoms with van der Waals surface area (Å²) >= 11 is 6.04. The molecule has 31 heavy (non-hydrogen) atoms. The van der Waals surface area contributed by atoms with Crippen LogP contribution in [0.2, 0.25) is 5.02 Å². The standard InChI is InChI=1S/C23H20ClN3O4/c1-14-7-3-4-8-17(14)15(2)25-23(29)19-9-5-6-10-21(19)26-22(28)18-12-11-16(27(30)31)13-20(18)24/h3-13,15H,1-2H3,(H,25,29)(H,26,28). The molecule has 0 saturated carbocycles. The number of para-hydroxylation sites is 1. The molecule has 8 heteroatoms. The van der Waals surface area contributed by atoms with Crippen molar-refractivity contribution in [2.24, 2.45) is 0 Å². The van der Waals surface area contributed by atoms with Crippen LogP contribution in [0, 0.1) is 17.0 Å². The van der Waals surface area contributed by atoms with Gasteiger partial charge in [0.25, 0.3) is 17.5 Å². The number of non-ortho nitro benzene ring substituents is 1. The Morgan fingerprint density at radius 3 is 2.32 bits per heavy atom. The molecular formula is C23H20ClN3O4. The molecule has 0 bridgehead atoms. The maximum atomic E-state index is 12.9. The highest BCUT2D eigenvalue weighted by Crippen LogP contribution is 2.25. The second-order valence-corrected chi connectivity index (χ2v) is 7.38. The second kappa shape index (κ2) is 9.40. The van der Waals surface area contributed by atoms with Crippen LogP contribution in [0.5, 0.6) is 0 Å². The van der Waals surface area contributed by atoms with E-state index in [2.05, 4.69) is 10.6 Å². The molecule has 0 radical (unpaired) electrons. The Kier molecular flexibility index (Phi) is 6.67. The number of amides is 2. The van der Waals surface area contributed by atoms with E-state index in [1.165, 1.54) is 12.1 Å². The number of aryl methyl sites for hydroxylation is 1. The van der Waals surface area contributed by atoms with Gasteiger partial charge >= 0.3 is 0 Å². The summed E-state index contributed by atoms with van der Waals surface area (Å²) < 4.78 is 0. The van der Waals surface area contributed by atoms with Crippen molar-refractivity contribution in [1.29, 1.82) is 0 Å². The summed E-state index contributed by atoms with van der Waals surface area (Å²) in [4.78, 5) is 35.8. The van der Waals surface area contributed by atoms with Crippen LogP contribution < -0.4 is 10.6 Å². The average Bonchev–Trinajstić information content (AvgIpc) is 2.74. The fourth-order valence-corrected chi connectivity index (χ4v) is 3.47. The van der Waals surface area contributed by atoms with Gasteiger partial charge in [-0.15, -0.1) is 0 Å². The predicted molar refractivity (Wildman–Crippen MR) is 120 cm³/mol. The van der Waals surface area contributed by atoms with Gasteiger partial charge in [-0.3, -0.25) is 19.7 Å². The number of nitrogens with zero attached hydrogens (tertiary/aromatic N) is 1. The number of rotatable bonds is 6. The fraction of sp³-hybridized carbons (Fsp3) is 0.130. The third-order valence-electron chi connectivity index (χ3n) is 4.83. The number of hydrogen-bond acceptors (Lipinski definition) is 4. The highest BCUT2D eigenvalue weighted by atomic mass is 35.5. The number of halogens is 1. The van der Waals surface area contributed by atoms with Gasteiger partial charge in [0.15, 0.2) is 0 Å². The van der Waals surface area contributed by atoms with E-state index in [1.807, 2.05) is 38.1 Å². The number of nitro benzene ring substituents is 1. The van der Waals surface area contributed by atoms with E-state index in [9.17, 15) is 19.7 Å². The van der Waals surface area contributed by atoms with E-state index in [4.69, 9.17) is 11.6 Å². The Hall–Kier alpha value is -3.71. The molecule has 0 aliphatic rings. The lowest BCUT2D eigenvalue weighted by Gasteiger charge is -2.18. The SMILES string of the molecule is Cc1ccccc1C(C)NC(=O)c1ccccc1NC(=O)c1ccc([N+](=O)[O-])cc1Cl. The zero-order chi connectivity index (χ0) is 22.5. The Labute approximate surface area is 184 Å². The van der Waals surface area contributed by atoms with Crippen molar-refractivity contribution in [2.45, 2.75) is 19.9 Å². The number of carbonyl (C=O) groups excluding carboxylic acids is 2. The molecule has 1 unspecified atom stereocenters. The monoisotopic (exact) mass is 437 g/mol. The number of hydrogen-bond donors (Lipinski definition) is 2. The van der Waals surface area contributed by atoms with Crippen LogP contribution in [-0.2, 0) is 0 Å². The van der Waals surface area contributed by atoms with Crippen molar-refractivity contribution >= 4 is 34.8 Å². The van der Waals surface area contributed by atoms with Crippen molar-refractivity contribution in [2.75, 3.05) is 5.32 Å². The quantitative estimate of drug-likeness (QED) is 0.403. The molecule has 0 aromatic heterocycles. The van der Waals surface area contributed by atoms with Crippen LogP contribution in [0.15, 0.2) is 66.7 Å². The first kappa shape index (κ1) is 22.0. The van der Waals surface area contributed by atoms with Crippen molar-refractivity contribution in [3.63, 3.8) is 0 Å². The molecule has 3 aromatic rings. The van der Waals surface area contributed by atoms with Crippen molar-refractivity contribution in [3.05, 3.63) is 104 Å². The first-order valence-electron chi connectivity index (χ1n) is 9.48. The molecule has 3 aromatic carbocycles. The fourth-order valence-electron chi connectivity index (χ4n) is 3.21. The summed E-state index contributed by atoms with van der Waals surface area (Å²) in [5.41, 5.74) is 2.49. The maximum absolute atomic E-state index is 12.9. The van der Waals surface area contributed by atoms with Crippen LogP contribution >= 0.6 is 11.6 Å². The topological polar surface area (TPSA) is 101 Å². The van der Waals surface area contributed by atoms with Crippen molar-refractivity contribution < 1.29 is 14.5 Å². The van der Waals surface area contributed by atoms with Gasteiger partial charge < -0.3 is 10.6 Å². The normalized spacial score (nSPS) is 11.5. The number of nitrogens with one attached hydrogen (secondary N) is 2. The number of anilines is 1. The Morgan fingerprint density at radius 1 is 0.968 bits per heavy atom. The summed E-state index contributed by atoms with van der Waals surface area (Å²) in [6.07, 6.45) is 0. The van der Waals surface area contributed by atoms with E-state index in [0.29, 0.717) is 5.69 Å². The second-order valence-electron chi connectivity index (χ2n) is 6.97. The minimum Gasteiger partial charge on any atom is -0.345 e. The summed E-state index contributed by atoms with van der Waals surface area (Å²) in [5, 5.41) is 16.4. The molecule has 0 aliphatic heterocycles. The van der Waals surface area contributed by atoms with Crippen LogP contribution in [0.4, 0.5) is 11.4 Å². The molecule has 0 spiro atoms. The third kappa shape index (κ3) is 5.07. The maximum Gasteiger partial charge on any atom is 0.270 e. The van der Waals surface area contributed by atoms with Crippen molar-refractivity contribution in [1.82, 2.24) is 5.32 Å². The van der Waals surface area contributed by atoms with E-state index < -0.39 is 10.8 Å². The minimum atomic E-state index is -0.594. The largest absolute Gasteiger partial charge is 0.345 e. The minimum absolute atomic E-state index is 0.0539. The predicted octanol–water partition coefficient (Wildman–Crippen LogP) is 5.30. The Balaban J connectivity index is 1.80. The lowest BCUT2D eigenvalue weighted by molar-refractivity contribution is -0.384. The molecule has 0 heterocycles. The lowest BCUT2D eigenvalue weighted by atomic mass is 10.0. The smallest absolute Gasteiger partial charge is 0.270 e. The van der Waals surface area contributed by atoms with Gasteiger partial charge in [0.1, 0.15) is 0 Å². The van der Waals surface area contributed by atoms with Crippen LogP contribution in [0.3, 0.4) is 0 Å². The molecule has 3 rings (SSSR count). The molecule has 1 atom stereocenters. The van der Waals surface area contributed by atoms with Gasteiger partial charge in [0, 0.05) is 12.1 Å². The highest BCUT2D eigenvalue weighted by molar-refractivity contribution is 6.34. The molecule has 7 nitrogen and oxygen atoms in total. The van der Waals surface area contributed by atoms with E-state index in [1.54, 1.807) is 24.3 Å². The van der Waals surface area contributed by atoms with Crippen LogP contribution in [0.25, 0.3) is 0 Å². The summed E-state index contributed by atoms with van der Waals surface area (Å²) in [7, 11) is 0. The summed E-state index contributed by atoms with van der Waals surface area (Å²) in [6, 6.07) is 17.7. The van der Waals surface area contributed by atoms with Crippen LogP contribution in [0.1, 0.15) is 44.8 Å².